The zero-order valence-corrected chi connectivity index (χ0v) is 15.3. The van der Waals surface area contributed by atoms with Crippen LogP contribution in [0.25, 0.3) is 21.3 Å². The molecule has 0 aliphatic carbocycles. The van der Waals surface area contributed by atoms with Gasteiger partial charge in [0.2, 0.25) is 0 Å². The number of benzene rings is 1. The maximum Gasteiger partial charge on any atom is 0.281 e. The van der Waals surface area contributed by atoms with Crippen molar-refractivity contribution < 1.29 is 13.9 Å². The van der Waals surface area contributed by atoms with E-state index >= 15 is 0 Å². The summed E-state index contributed by atoms with van der Waals surface area (Å²) in [4.78, 5) is 11.2. The molecule has 4 aromatic rings. The van der Waals surface area contributed by atoms with Crippen molar-refractivity contribution in [1.82, 2.24) is 14.9 Å². The first-order valence-electron chi connectivity index (χ1n) is 9.07. The Morgan fingerprint density at radius 1 is 1.30 bits per heavy atom. The van der Waals surface area contributed by atoms with Gasteiger partial charge in [-0.05, 0) is 30.7 Å². The van der Waals surface area contributed by atoms with Gasteiger partial charge in [0.15, 0.2) is 5.65 Å². The van der Waals surface area contributed by atoms with Gasteiger partial charge in [0.05, 0.1) is 23.7 Å². The number of hydrogen-bond acceptors (Lipinski definition) is 7. The summed E-state index contributed by atoms with van der Waals surface area (Å²) in [5.74, 6) is 0.719. The van der Waals surface area contributed by atoms with Gasteiger partial charge in [-0.25, -0.2) is 4.98 Å². The Hall–Kier alpha value is -2.48. The number of morpholine rings is 1. The molecule has 6 nitrogen and oxygen atoms in total. The van der Waals surface area contributed by atoms with Crippen LogP contribution in [0, 0.1) is 0 Å². The third kappa shape index (κ3) is 2.70. The molecule has 2 fully saturated rings. The van der Waals surface area contributed by atoms with Crippen molar-refractivity contribution >= 4 is 32.7 Å². The number of aromatic nitrogens is 2. The van der Waals surface area contributed by atoms with Crippen LogP contribution < -0.4 is 4.74 Å². The largest absolute Gasteiger partial charge is 0.464 e. The summed E-state index contributed by atoms with van der Waals surface area (Å²) in [6.45, 7) is 2.78. The number of thiazole rings is 1. The molecule has 0 N–H and O–H groups in total. The van der Waals surface area contributed by atoms with Crippen molar-refractivity contribution in [2.45, 2.75) is 25.1 Å². The lowest BCUT2D eigenvalue weighted by Crippen LogP contribution is -2.36. The molecule has 0 radical (unpaired) electrons. The Kier molecular flexibility index (Phi) is 3.47. The number of pyridine rings is 1. The van der Waals surface area contributed by atoms with Crippen molar-refractivity contribution in [2.24, 2.45) is 0 Å². The summed E-state index contributed by atoms with van der Waals surface area (Å²) in [7, 11) is 0. The summed E-state index contributed by atoms with van der Waals surface area (Å²) in [6.07, 6.45) is 5.17. The van der Waals surface area contributed by atoms with Crippen molar-refractivity contribution in [2.75, 3.05) is 13.2 Å². The van der Waals surface area contributed by atoms with Gasteiger partial charge in [-0.2, -0.15) is 4.98 Å². The summed E-state index contributed by atoms with van der Waals surface area (Å²) in [5.41, 5.74) is 2.76. The second-order valence-corrected chi connectivity index (χ2v) is 8.09. The summed E-state index contributed by atoms with van der Waals surface area (Å²) < 4.78 is 18.4. The zero-order chi connectivity index (χ0) is 17.8. The van der Waals surface area contributed by atoms with E-state index in [0.29, 0.717) is 23.0 Å². The van der Waals surface area contributed by atoms with Crippen LogP contribution in [0.4, 0.5) is 0 Å². The van der Waals surface area contributed by atoms with E-state index in [2.05, 4.69) is 20.9 Å². The molecule has 0 amide bonds. The lowest BCUT2D eigenvalue weighted by atomic mass is 10.1. The van der Waals surface area contributed by atoms with Gasteiger partial charge in [-0.1, -0.05) is 11.3 Å². The number of likely N-dealkylation sites (tertiary alicyclic amines) is 1. The number of hydrogen-bond donors (Lipinski definition) is 0. The second kappa shape index (κ2) is 6.02. The van der Waals surface area contributed by atoms with Gasteiger partial charge in [0, 0.05) is 42.3 Å². The highest BCUT2D eigenvalue weighted by Crippen LogP contribution is 2.34. The molecule has 27 heavy (non-hydrogen) atoms. The summed E-state index contributed by atoms with van der Waals surface area (Å²) >= 11 is 1.49. The minimum Gasteiger partial charge on any atom is -0.464 e. The van der Waals surface area contributed by atoms with Crippen LogP contribution in [0.3, 0.4) is 0 Å². The minimum absolute atomic E-state index is 0.413. The van der Waals surface area contributed by atoms with Crippen LogP contribution in [0.2, 0.25) is 0 Å². The summed E-state index contributed by atoms with van der Waals surface area (Å²) in [6, 6.07) is 10.4. The van der Waals surface area contributed by atoms with Crippen molar-refractivity contribution in [1.29, 1.82) is 0 Å². The normalized spacial score (nSPS) is 22.2. The van der Waals surface area contributed by atoms with Gasteiger partial charge >= 0.3 is 0 Å². The maximum absolute atomic E-state index is 5.93. The first-order valence-corrected chi connectivity index (χ1v) is 9.89. The Morgan fingerprint density at radius 2 is 2.30 bits per heavy atom. The predicted molar refractivity (Wildman–Crippen MR) is 102 cm³/mol. The van der Waals surface area contributed by atoms with Gasteiger partial charge in [-0.3, -0.25) is 4.90 Å². The fourth-order valence-corrected chi connectivity index (χ4v) is 4.83. The van der Waals surface area contributed by atoms with Crippen LogP contribution in [-0.4, -0.2) is 40.2 Å². The lowest BCUT2D eigenvalue weighted by Gasteiger charge is -2.26. The molecule has 0 spiro atoms. The Labute approximate surface area is 159 Å². The van der Waals surface area contributed by atoms with Gasteiger partial charge in [0.25, 0.3) is 5.19 Å². The van der Waals surface area contributed by atoms with Crippen LogP contribution in [0.1, 0.15) is 12.0 Å². The Balaban J connectivity index is 1.25. The van der Waals surface area contributed by atoms with E-state index in [1.807, 2.05) is 30.5 Å². The molecule has 7 heteroatoms. The second-order valence-electron chi connectivity index (χ2n) is 7.10. The average molecular weight is 379 g/mol. The van der Waals surface area contributed by atoms with E-state index in [-0.39, 0.29) is 0 Å². The smallest absolute Gasteiger partial charge is 0.281 e. The third-order valence-electron chi connectivity index (χ3n) is 5.36. The van der Waals surface area contributed by atoms with Gasteiger partial charge in [0.1, 0.15) is 11.3 Å². The molecule has 2 bridgehead atoms. The average Bonchev–Trinajstić information content (AvgIpc) is 3.45. The number of rotatable bonds is 4. The SMILES string of the molecule is c1cnc2nc(Oc3ccc4c(CN5C[C@@H]6C[C@H]5CO6)coc4c3)sc2c1. The molecule has 0 unspecified atom stereocenters. The van der Waals surface area contributed by atoms with E-state index < -0.39 is 0 Å². The molecule has 0 saturated carbocycles. The molecule has 2 aliphatic rings. The molecule has 2 aliphatic heterocycles. The molecule has 136 valence electrons. The van der Waals surface area contributed by atoms with Crippen molar-refractivity contribution in [3.8, 4) is 10.9 Å². The Morgan fingerprint density at radius 3 is 3.15 bits per heavy atom. The molecule has 3 aromatic heterocycles. The molecule has 1 aromatic carbocycles. The minimum atomic E-state index is 0.413. The van der Waals surface area contributed by atoms with Crippen LogP contribution in [0.5, 0.6) is 10.9 Å². The number of ether oxygens (including phenoxy) is 2. The fourth-order valence-electron chi connectivity index (χ4n) is 4.03. The fraction of sp³-hybridized carbons (Fsp3) is 0.300. The van der Waals surface area contributed by atoms with E-state index in [1.54, 1.807) is 6.20 Å². The lowest BCUT2D eigenvalue weighted by molar-refractivity contribution is 0.0274. The van der Waals surface area contributed by atoms with E-state index in [0.717, 1.165) is 47.5 Å². The number of fused-ring (bicyclic) bond motifs is 4. The van der Waals surface area contributed by atoms with Gasteiger partial charge < -0.3 is 13.9 Å². The van der Waals surface area contributed by atoms with E-state index in [4.69, 9.17) is 13.9 Å². The topological polar surface area (TPSA) is 60.6 Å². The van der Waals surface area contributed by atoms with Crippen molar-refractivity contribution in [3.05, 3.63) is 48.4 Å². The Bertz CT molecular complexity index is 1100. The highest BCUT2D eigenvalue weighted by atomic mass is 32.1. The van der Waals surface area contributed by atoms with Crippen LogP contribution >= 0.6 is 11.3 Å². The first kappa shape index (κ1) is 15.6. The van der Waals surface area contributed by atoms with Crippen molar-refractivity contribution in [3.63, 3.8) is 0 Å². The quantitative estimate of drug-likeness (QED) is 0.530. The molecule has 2 atom stereocenters. The first-order chi connectivity index (χ1) is 13.3. The number of nitrogens with zero attached hydrogens (tertiary/aromatic N) is 3. The number of furan rings is 1. The van der Waals surface area contributed by atoms with Crippen LogP contribution in [0.15, 0.2) is 47.2 Å². The molecule has 2 saturated heterocycles. The maximum atomic E-state index is 5.93. The predicted octanol–water partition coefficient (Wildman–Crippen LogP) is 4.20. The molecule has 5 heterocycles. The van der Waals surface area contributed by atoms with E-state index in [1.165, 1.54) is 16.9 Å². The molecule has 6 rings (SSSR count). The highest BCUT2D eigenvalue weighted by Gasteiger charge is 2.38. The van der Waals surface area contributed by atoms with E-state index in [9.17, 15) is 0 Å². The monoisotopic (exact) mass is 379 g/mol. The molecular weight excluding hydrogens is 362 g/mol. The van der Waals surface area contributed by atoms with Crippen LogP contribution in [-0.2, 0) is 11.3 Å². The standard InChI is InChI=1S/C20H17N3O3S/c1-2-18-19(21-5-1)22-20(27-18)26-14-3-4-16-12(10-25-17(16)7-14)8-23-9-15-6-13(23)11-24-15/h1-5,7,10,13,15H,6,8-9,11H2/t13-,15-/m0/s1. The van der Waals surface area contributed by atoms with Gasteiger partial charge in [-0.15, -0.1) is 0 Å². The zero-order valence-electron chi connectivity index (χ0n) is 14.5. The summed E-state index contributed by atoms with van der Waals surface area (Å²) in [5, 5.41) is 1.72. The highest BCUT2D eigenvalue weighted by molar-refractivity contribution is 7.20. The third-order valence-corrected chi connectivity index (χ3v) is 6.25. The molecular formula is C20H17N3O3S.